The van der Waals surface area contributed by atoms with Crippen molar-refractivity contribution in [1.29, 1.82) is 0 Å². The second kappa shape index (κ2) is 10.1. The van der Waals surface area contributed by atoms with Crippen molar-refractivity contribution in [3.05, 3.63) is 59.4 Å². The number of piperazine rings is 1. The van der Waals surface area contributed by atoms with E-state index in [2.05, 4.69) is 50.5 Å². The summed E-state index contributed by atoms with van der Waals surface area (Å²) in [7, 11) is 1.68. The van der Waals surface area contributed by atoms with Gasteiger partial charge in [0.05, 0.1) is 30.0 Å². The molecular weight excluding hydrogens is 397 g/mol. The molecule has 31 heavy (non-hydrogen) atoms. The first-order valence-corrected chi connectivity index (χ1v) is 10.4. The zero-order valence-corrected chi connectivity index (χ0v) is 18.4. The molecule has 4 rings (SSSR count). The third kappa shape index (κ3) is 5.04. The highest BCUT2D eigenvalue weighted by molar-refractivity contribution is 5.60. The maximum atomic E-state index is 14.2. The molecule has 1 saturated heterocycles. The van der Waals surface area contributed by atoms with Gasteiger partial charge >= 0.3 is 0 Å². The Kier molecular flexibility index (Phi) is 7.28. The predicted molar refractivity (Wildman–Crippen MR) is 120 cm³/mol. The fourth-order valence-corrected chi connectivity index (χ4v) is 3.45. The molecule has 1 atom stereocenters. The number of nitrogens with zero attached hydrogens (tertiary/aromatic N) is 7. The minimum Gasteiger partial charge on any atom is -0.365 e. The van der Waals surface area contributed by atoms with Crippen molar-refractivity contribution >= 4 is 11.6 Å². The summed E-state index contributed by atoms with van der Waals surface area (Å²) in [6.07, 6.45) is 8.94. The number of pyridine rings is 1. The van der Waals surface area contributed by atoms with Crippen LogP contribution in [-0.2, 0) is 7.05 Å². The summed E-state index contributed by atoms with van der Waals surface area (Å²) in [6, 6.07) is 2.96. The van der Waals surface area contributed by atoms with E-state index in [1.54, 1.807) is 19.4 Å². The Morgan fingerprint density at radius 2 is 1.84 bits per heavy atom. The van der Waals surface area contributed by atoms with E-state index in [0.29, 0.717) is 18.2 Å². The van der Waals surface area contributed by atoms with Gasteiger partial charge in [-0.05, 0) is 13.0 Å². The first kappa shape index (κ1) is 22.3. The summed E-state index contributed by atoms with van der Waals surface area (Å²) in [5, 5.41) is 0. The maximum absolute atomic E-state index is 14.2. The van der Waals surface area contributed by atoms with Crippen LogP contribution in [0.4, 0.5) is 16.0 Å². The normalized spacial score (nSPS) is 16.0. The van der Waals surface area contributed by atoms with E-state index < -0.39 is 5.82 Å². The molecule has 8 nitrogen and oxygen atoms in total. The van der Waals surface area contributed by atoms with Crippen LogP contribution in [-0.4, -0.2) is 50.2 Å². The highest BCUT2D eigenvalue weighted by Crippen LogP contribution is 2.24. The highest BCUT2D eigenvalue weighted by atomic mass is 19.1. The average Bonchev–Trinajstić information content (AvgIpc) is 2.77. The van der Waals surface area contributed by atoms with Crippen molar-refractivity contribution < 1.29 is 4.39 Å². The highest BCUT2D eigenvalue weighted by Gasteiger charge is 2.27. The van der Waals surface area contributed by atoms with Gasteiger partial charge in [0, 0.05) is 50.6 Å². The van der Waals surface area contributed by atoms with E-state index in [-0.39, 0.29) is 17.2 Å². The van der Waals surface area contributed by atoms with Crippen molar-refractivity contribution in [2.24, 2.45) is 7.05 Å². The third-order valence-corrected chi connectivity index (χ3v) is 4.96. The Hall–Kier alpha value is -3.36. The van der Waals surface area contributed by atoms with Gasteiger partial charge in [-0.15, -0.1) is 0 Å². The molecule has 0 N–H and O–H groups in total. The number of hydrogen-bond acceptors (Lipinski definition) is 7. The van der Waals surface area contributed by atoms with Gasteiger partial charge in [-0.1, -0.05) is 20.3 Å². The molecule has 0 spiro atoms. The van der Waals surface area contributed by atoms with Crippen LogP contribution in [0, 0.1) is 5.82 Å². The maximum Gasteiger partial charge on any atom is 0.255 e. The number of halogens is 1. The molecule has 0 bridgehead atoms. The van der Waals surface area contributed by atoms with Gasteiger partial charge in [-0.2, -0.15) is 0 Å². The van der Waals surface area contributed by atoms with E-state index >= 15 is 0 Å². The molecule has 1 aliphatic heterocycles. The fourth-order valence-electron chi connectivity index (χ4n) is 3.45. The van der Waals surface area contributed by atoms with E-state index in [4.69, 9.17) is 0 Å². The minimum atomic E-state index is -0.504. The van der Waals surface area contributed by atoms with Gasteiger partial charge in [0.1, 0.15) is 6.33 Å². The van der Waals surface area contributed by atoms with E-state index in [1.165, 1.54) is 35.6 Å². The summed E-state index contributed by atoms with van der Waals surface area (Å²) in [6.45, 7) is 8.46. The average molecular weight is 426 g/mol. The van der Waals surface area contributed by atoms with Crippen molar-refractivity contribution in [2.45, 2.75) is 33.2 Å². The van der Waals surface area contributed by atoms with Crippen LogP contribution in [0.5, 0.6) is 0 Å². The molecule has 0 aromatic carbocycles. The number of anilines is 2. The molecule has 1 unspecified atom stereocenters. The molecule has 1 fully saturated rings. The second-order valence-electron chi connectivity index (χ2n) is 7.49. The Morgan fingerprint density at radius 3 is 2.48 bits per heavy atom. The van der Waals surface area contributed by atoms with Gasteiger partial charge in [-0.3, -0.25) is 14.3 Å². The van der Waals surface area contributed by atoms with Gasteiger partial charge in [0.2, 0.25) is 5.95 Å². The molecule has 3 aromatic heterocycles. The van der Waals surface area contributed by atoms with Gasteiger partial charge in [-0.25, -0.2) is 19.3 Å². The van der Waals surface area contributed by atoms with Crippen LogP contribution in [0.15, 0.2) is 48.0 Å². The van der Waals surface area contributed by atoms with Crippen molar-refractivity contribution in [1.82, 2.24) is 24.5 Å². The number of aromatic nitrogens is 5. The number of rotatable bonds is 3. The fraction of sp³-hybridized carbons (Fsp3) is 0.409. The van der Waals surface area contributed by atoms with Crippen LogP contribution in [0.25, 0.3) is 11.3 Å². The van der Waals surface area contributed by atoms with Gasteiger partial charge < -0.3 is 9.80 Å². The van der Waals surface area contributed by atoms with Crippen molar-refractivity contribution in [2.75, 3.05) is 29.4 Å². The molecule has 0 amide bonds. The minimum absolute atomic E-state index is 0.0876. The summed E-state index contributed by atoms with van der Waals surface area (Å²) in [5.74, 6) is 0.0197. The zero-order valence-electron chi connectivity index (χ0n) is 18.4. The summed E-state index contributed by atoms with van der Waals surface area (Å²) >= 11 is 0. The first-order valence-electron chi connectivity index (χ1n) is 10.4. The van der Waals surface area contributed by atoms with Crippen molar-refractivity contribution in [3.63, 3.8) is 0 Å². The van der Waals surface area contributed by atoms with Crippen molar-refractivity contribution in [3.8, 4) is 11.3 Å². The predicted octanol–water partition coefficient (Wildman–Crippen LogP) is 2.90. The lowest BCUT2D eigenvalue weighted by Crippen LogP contribution is -2.53. The monoisotopic (exact) mass is 425 g/mol. The lowest BCUT2D eigenvalue weighted by molar-refractivity contribution is 0.529. The lowest BCUT2D eigenvalue weighted by atomic mass is 10.1. The lowest BCUT2D eigenvalue weighted by Gasteiger charge is -2.41. The third-order valence-electron chi connectivity index (χ3n) is 4.96. The van der Waals surface area contributed by atoms with Gasteiger partial charge in [0.15, 0.2) is 5.82 Å². The van der Waals surface area contributed by atoms with E-state index in [0.717, 1.165) is 25.0 Å². The standard InChI is InChI=1S/C19H20FN7O.C3H8/c1-13-11-26(14-8-22-12-23-9-14)5-6-27(13)19-24-17(7-18(28)25(19)2)15-3-4-21-10-16(15)20;1-3-2/h3-4,7-10,12-13H,5-6,11H2,1-2H3;3H2,1-2H3. The quantitative estimate of drug-likeness (QED) is 0.638. The van der Waals surface area contributed by atoms with Crippen LogP contribution in [0.1, 0.15) is 27.2 Å². The molecule has 0 radical (unpaired) electrons. The first-order chi connectivity index (χ1) is 15.0. The van der Waals surface area contributed by atoms with Crippen LogP contribution >= 0.6 is 0 Å². The smallest absolute Gasteiger partial charge is 0.255 e. The molecule has 164 valence electrons. The summed E-state index contributed by atoms with van der Waals surface area (Å²) < 4.78 is 15.7. The largest absolute Gasteiger partial charge is 0.365 e. The van der Waals surface area contributed by atoms with E-state index in [1.807, 2.05) is 0 Å². The molecule has 3 aromatic rings. The molecule has 0 aliphatic carbocycles. The Morgan fingerprint density at radius 1 is 1.13 bits per heavy atom. The Bertz CT molecular complexity index is 1060. The summed E-state index contributed by atoms with van der Waals surface area (Å²) in [4.78, 5) is 33.3. The number of hydrogen-bond donors (Lipinski definition) is 0. The zero-order chi connectivity index (χ0) is 22.4. The van der Waals surface area contributed by atoms with Crippen LogP contribution in [0.3, 0.4) is 0 Å². The molecule has 9 heteroatoms. The van der Waals surface area contributed by atoms with Crippen LogP contribution in [0.2, 0.25) is 0 Å². The molecular formula is C22H28FN7O. The summed E-state index contributed by atoms with van der Waals surface area (Å²) in [5.41, 5.74) is 1.30. The Balaban J connectivity index is 0.000000858. The second-order valence-corrected chi connectivity index (χ2v) is 7.49. The van der Waals surface area contributed by atoms with Gasteiger partial charge in [0.25, 0.3) is 5.56 Å². The molecule has 4 heterocycles. The Labute approximate surface area is 181 Å². The molecule has 1 aliphatic rings. The molecule has 0 saturated carbocycles. The topological polar surface area (TPSA) is 80.0 Å². The SMILES string of the molecule is CC1CN(c2cncnc2)CCN1c1nc(-c2ccncc2F)cc(=O)n1C.CCC. The van der Waals surface area contributed by atoms with Crippen LogP contribution < -0.4 is 15.4 Å². The van der Waals surface area contributed by atoms with E-state index in [9.17, 15) is 9.18 Å².